The maximum absolute atomic E-state index is 13.8. The zero-order valence-electron chi connectivity index (χ0n) is 10.7. The number of pyridine rings is 1. The van der Waals surface area contributed by atoms with Gasteiger partial charge in [-0.25, -0.2) is 19.3 Å². The Balaban J connectivity index is 1.69. The fourth-order valence-electron chi connectivity index (χ4n) is 2.21. The van der Waals surface area contributed by atoms with Crippen molar-refractivity contribution in [3.05, 3.63) is 41.6 Å². The van der Waals surface area contributed by atoms with E-state index in [2.05, 4.69) is 19.9 Å². The molecule has 3 heterocycles. The maximum Gasteiger partial charge on any atom is 0.225 e. The van der Waals surface area contributed by atoms with Gasteiger partial charge in [-0.15, -0.1) is 0 Å². The lowest BCUT2D eigenvalue weighted by atomic mass is 10.3. The summed E-state index contributed by atoms with van der Waals surface area (Å²) in [4.78, 5) is 16.5. The second kappa shape index (κ2) is 5.58. The van der Waals surface area contributed by atoms with E-state index in [4.69, 9.17) is 11.6 Å². The number of rotatable bonds is 2. The molecule has 0 aromatic carbocycles. The molecule has 0 unspecified atom stereocenters. The van der Waals surface area contributed by atoms with Crippen LogP contribution >= 0.6 is 11.6 Å². The molecule has 1 fully saturated rings. The molecule has 104 valence electrons. The molecule has 3 rings (SSSR count). The maximum atomic E-state index is 13.8. The third kappa shape index (κ3) is 2.65. The average Bonchev–Trinajstić information content (AvgIpc) is 2.48. The topological polar surface area (TPSA) is 45.2 Å². The highest BCUT2D eigenvalue weighted by Crippen LogP contribution is 2.21. The summed E-state index contributed by atoms with van der Waals surface area (Å²) < 4.78 is 13.8. The second-order valence-corrected chi connectivity index (χ2v) is 4.92. The van der Waals surface area contributed by atoms with Crippen LogP contribution < -0.4 is 9.80 Å². The van der Waals surface area contributed by atoms with Gasteiger partial charge in [0.05, 0.1) is 5.02 Å². The van der Waals surface area contributed by atoms with Crippen LogP contribution in [0.4, 0.5) is 16.2 Å². The lowest BCUT2D eigenvalue weighted by Crippen LogP contribution is -2.47. The summed E-state index contributed by atoms with van der Waals surface area (Å²) in [6.07, 6.45) is 4.90. The van der Waals surface area contributed by atoms with E-state index in [1.54, 1.807) is 18.5 Å². The van der Waals surface area contributed by atoms with Gasteiger partial charge in [0.25, 0.3) is 0 Å². The van der Waals surface area contributed by atoms with Crippen molar-refractivity contribution in [2.75, 3.05) is 36.0 Å². The lowest BCUT2D eigenvalue weighted by molar-refractivity contribution is 0.585. The van der Waals surface area contributed by atoms with Crippen molar-refractivity contribution < 1.29 is 4.39 Å². The van der Waals surface area contributed by atoms with Gasteiger partial charge >= 0.3 is 0 Å². The van der Waals surface area contributed by atoms with Crippen molar-refractivity contribution in [3.63, 3.8) is 0 Å². The van der Waals surface area contributed by atoms with Crippen molar-refractivity contribution in [2.24, 2.45) is 0 Å². The van der Waals surface area contributed by atoms with Crippen LogP contribution in [0.2, 0.25) is 5.02 Å². The zero-order chi connectivity index (χ0) is 13.9. The predicted molar refractivity (Wildman–Crippen MR) is 75.7 cm³/mol. The molecule has 0 N–H and O–H groups in total. The monoisotopic (exact) mass is 293 g/mol. The van der Waals surface area contributed by atoms with Gasteiger partial charge in [0.1, 0.15) is 0 Å². The van der Waals surface area contributed by atoms with Gasteiger partial charge in [-0.05, 0) is 12.1 Å². The van der Waals surface area contributed by atoms with E-state index in [9.17, 15) is 4.39 Å². The van der Waals surface area contributed by atoms with Crippen LogP contribution in [0.25, 0.3) is 0 Å². The minimum Gasteiger partial charge on any atom is -0.351 e. The van der Waals surface area contributed by atoms with E-state index < -0.39 is 0 Å². The predicted octanol–water partition coefficient (Wildman–Crippen LogP) is 1.99. The zero-order valence-corrected chi connectivity index (χ0v) is 11.5. The van der Waals surface area contributed by atoms with Crippen molar-refractivity contribution in [1.82, 2.24) is 15.0 Å². The highest BCUT2D eigenvalue weighted by atomic mass is 35.5. The molecular weight excluding hydrogens is 281 g/mol. The molecule has 20 heavy (non-hydrogen) atoms. The molecule has 5 nitrogen and oxygen atoms in total. The number of halogens is 2. The molecule has 7 heteroatoms. The molecule has 0 radical (unpaired) electrons. The van der Waals surface area contributed by atoms with Crippen molar-refractivity contribution in [1.29, 1.82) is 0 Å². The Morgan fingerprint density at radius 2 is 1.65 bits per heavy atom. The fraction of sp³-hybridized carbons (Fsp3) is 0.308. The molecule has 2 aromatic rings. The smallest absolute Gasteiger partial charge is 0.225 e. The quantitative estimate of drug-likeness (QED) is 0.847. The van der Waals surface area contributed by atoms with Gasteiger partial charge < -0.3 is 9.80 Å². The molecule has 1 saturated heterocycles. The second-order valence-electron chi connectivity index (χ2n) is 4.48. The van der Waals surface area contributed by atoms with E-state index in [1.165, 1.54) is 12.3 Å². The van der Waals surface area contributed by atoms with Crippen LogP contribution in [-0.4, -0.2) is 41.1 Å². The number of hydrogen-bond acceptors (Lipinski definition) is 5. The first kappa shape index (κ1) is 13.1. The summed E-state index contributed by atoms with van der Waals surface area (Å²) in [5.41, 5.74) is 0. The Hall–Kier alpha value is -1.95. The van der Waals surface area contributed by atoms with E-state index in [0.29, 0.717) is 29.9 Å². The highest BCUT2D eigenvalue weighted by Gasteiger charge is 2.21. The molecule has 1 aliphatic heterocycles. The number of anilines is 2. The molecule has 0 atom stereocenters. The largest absolute Gasteiger partial charge is 0.351 e. The number of hydrogen-bond donors (Lipinski definition) is 0. The van der Waals surface area contributed by atoms with Crippen molar-refractivity contribution in [2.45, 2.75) is 0 Å². The van der Waals surface area contributed by atoms with E-state index in [1.807, 2.05) is 4.90 Å². The Morgan fingerprint density at radius 3 is 2.30 bits per heavy atom. The summed E-state index contributed by atoms with van der Waals surface area (Å²) in [6.45, 7) is 2.80. The number of piperazine rings is 1. The first-order valence-electron chi connectivity index (χ1n) is 6.32. The van der Waals surface area contributed by atoms with Gasteiger partial charge in [0.2, 0.25) is 5.95 Å². The minimum atomic E-state index is -0.387. The van der Waals surface area contributed by atoms with Crippen molar-refractivity contribution >= 4 is 23.4 Å². The van der Waals surface area contributed by atoms with Gasteiger partial charge in [-0.1, -0.05) is 11.6 Å². The molecular formula is C13H13ClFN5. The summed E-state index contributed by atoms with van der Waals surface area (Å²) in [5.74, 6) is 0.668. The van der Waals surface area contributed by atoms with Crippen LogP contribution in [0.1, 0.15) is 0 Å². The van der Waals surface area contributed by atoms with Crippen LogP contribution in [0, 0.1) is 5.82 Å². The van der Waals surface area contributed by atoms with Gasteiger partial charge in [0.15, 0.2) is 11.6 Å². The third-order valence-electron chi connectivity index (χ3n) is 3.20. The Kier molecular flexibility index (Phi) is 3.64. The SMILES string of the molecule is Fc1cc(Cl)cnc1N1CCN(c2ncccn2)CC1. The standard InChI is InChI=1S/C13H13ClFN5/c14-10-8-11(15)12(18-9-10)19-4-6-20(7-5-19)13-16-2-1-3-17-13/h1-3,8-9H,4-7H2. The van der Waals surface area contributed by atoms with Crippen molar-refractivity contribution in [3.8, 4) is 0 Å². The molecule has 0 spiro atoms. The van der Waals surface area contributed by atoms with Gasteiger partial charge in [0, 0.05) is 44.8 Å². The fourth-order valence-corrected chi connectivity index (χ4v) is 2.36. The molecule has 0 amide bonds. The summed E-state index contributed by atoms with van der Waals surface area (Å²) >= 11 is 5.71. The van der Waals surface area contributed by atoms with Crippen LogP contribution in [0.5, 0.6) is 0 Å². The van der Waals surface area contributed by atoms with E-state index in [-0.39, 0.29) is 5.82 Å². The molecule has 0 bridgehead atoms. The molecule has 2 aromatic heterocycles. The van der Waals surface area contributed by atoms with Crippen LogP contribution in [-0.2, 0) is 0 Å². The average molecular weight is 294 g/mol. The minimum absolute atomic E-state index is 0.308. The summed E-state index contributed by atoms with van der Waals surface area (Å²) in [7, 11) is 0. The van der Waals surface area contributed by atoms with Gasteiger partial charge in [-0.2, -0.15) is 0 Å². The molecule has 0 saturated carbocycles. The van der Waals surface area contributed by atoms with Gasteiger partial charge in [-0.3, -0.25) is 0 Å². The summed E-state index contributed by atoms with van der Waals surface area (Å²) in [5, 5.41) is 0.308. The Morgan fingerprint density at radius 1 is 1.00 bits per heavy atom. The number of nitrogens with zero attached hydrogens (tertiary/aromatic N) is 5. The highest BCUT2D eigenvalue weighted by molar-refractivity contribution is 6.30. The lowest BCUT2D eigenvalue weighted by Gasteiger charge is -2.35. The molecule has 0 aliphatic carbocycles. The number of aromatic nitrogens is 3. The first-order chi connectivity index (χ1) is 9.74. The first-order valence-corrected chi connectivity index (χ1v) is 6.70. The normalized spacial score (nSPS) is 15.5. The van der Waals surface area contributed by atoms with Crippen LogP contribution in [0.3, 0.4) is 0 Å². The third-order valence-corrected chi connectivity index (χ3v) is 3.41. The molecule has 1 aliphatic rings. The summed E-state index contributed by atoms with van der Waals surface area (Å²) in [6, 6.07) is 3.07. The van der Waals surface area contributed by atoms with E-state index >= 15 is 0 Å². The Labute approximate surface area is 121 Å². The van der Waals surface area contributed by atoms with Crippen LogP contribution in [0.15, 0.2) is 30.7 Å². The van der Waals surface area contributed by atoms with E-state index in [0.717, 1.165) is 13.1 Å². The Bertz CT molecular complexity index is 587.